The SMILES string of the molecule is c1ccc(Cc2ccc(OC3CCOCC3)cc2)cc1. The van der Waals surface area contributed by atoms with Crippen LogP contribution in [0.5, 0.6) is 5.75 Å². The van der Waals surface area contributed by atoms with Gasteiger partial charge >= 0.3 is 0 Å². The molecule has 2 nitrogen and oxygen atoms in total. The molecule has 1 fully saturated rings. The summed E-state index contributed by atoms with van der Waals surface area (Å²) >= 11 is 0. The van der Waals surface area contributed by atoms with Crippen molar-refractivity contribution in [1.29, 1.82) is 0 Å². The number of ether oxygens (including phenoxy) is 2. The van der Waals surface area contributed by atoms with Gasteiger partial charge in [-0.05, 0) is 29.7 Å². The van der Waals surface area contributed by atoms with E-state index in [1.807, 2.05) is 6.07 Å². The molecule has 0 spiro atoms. The van der Waals surface area contributed by atoms with Crippen molar-refractivity contribution in [2.75, 3.05) is 13.2 Å². The van der Waals surface area contributed by atoms with Crippen molar-refractivity contribution in [3.63, 3.8) is 0 Å². The van der Waals surface area contributed by atoms with Crippen molar-refractivity contribution in [2.45, 2.75) is 25.4 Å². The Labute approximate surface area is 120 Å². The van der Waals surface area contributed by atoms with E-state index in [4.69, 9.17) is 9.47 Å². The van der Waals surface area contributed by atoms with E-state index in [-0.39, 0.29) is 0 Å². The standard InChI is InChI=1S/C18H20O2/c1-2-4-15(5-3-1)14-16-6-8-17(9-7-16)20-18-10-12-19-13-11-18/h1-9,18H,10-14H2. The van der Waals surface area contributed by atoms with Crippen molar-refractivity contribution in [3.8, 4) is 5.75 Å². The van der Waals surface area contributed by atoms with Crippen LogP contribution in [0, 0.1) is 0 Å². The number of hydrogen-bond donors (Lipinski definition) is 0. The fourth-order valence-electron chi connectivity index (χ4n) is 2.50. The average Bonchev–Trinajstić information content (AvgIpc) is 2.51. The molecule has 1 heterocycles. The molecule has 20 heavy (non-hydrogen) atoms. The quantitative estimate of drug-likeness (QED) is 0.839. The molecule has 0 bridgehead atoms. The first-order valence-corrected chi connectivity index (χ1v) is 7.27. The van der Waals surface area contributed by atoms with E-state index in [0.717, 1.165) is 38.2 Å². The lowest BCUT2D eigenvalue weighted by Crippen LogP contribution is -2.25. The summed E-state index contributed by atoms with van der Waals surface area (Å²) in [5.41, 5.74) is 2.65. The van der Waals surface area contributed by atoms with Crippen molar-refractivity contribution < 1.29 is 9.47 Å². The summed E-state index contributed by atoms with van der Waals surface area (Å²) in [5, 5.41) is 0. The molecule has 0 amide bonds. The van der Waals surface area contributed by atoms with Gasteiger partial charge in [0.1, 0.15) is 11.9 Å². The third kappa shape index (κ3) is 3.61. The van der Waals surface area contributed by atoms with Crippen LogP contribution in [0.2, 0.25) is 0 Å². The summed E-state index contributed by atoms with van der Waals surface area (Å²) in [7, 11) is 0. The van der Waals surface area contributed by atoms with E-state index in [0.29, 0.717) is 6.10 Å². The highest BCUT2D eigenvalue weighted by Crippen LogP contribution is 2.19. The van der Waals surface area contributed by atoms with Gasteiger partial charge in [-0.3, -0.25) is 0 Å². The summed E-state index contributed by atoms with van der Waals surface area (Å²) in [6, 6.07) is 19.0. The molecule has 1 aliphatic heterocycles. The minimum absolute atomic E-state index is 0.309. The van der Waals surface area contributed by atoms with Gasteiger partial charge in [-0.2, -0.15) is 0 Å². The van der Waals surface area contributed by atoms with Gasteiger partial charge in [0.25, 0.3) is 0 Å². The van der Waals surface area contributed by atoms with Crippen molar-refractivity contribution >= 4 is 0 Å². The lowest BCUT2D eigenvalue weighted by atomic mass is 10.1. The highest BCUT2D eigenvalue weighted by atomic mass is 16.5. The molecule has 0 unspecified atom stereocenters. The van der Waals surface area contributed by atoms with Gasteiger partial charge in [-0.1, -0.05) is 42.5 Å². The van der Waals surface area contributed by atoms with Gasteiger partial charge in [-0.15, -0.1) is 0 Å². The Morgan fingerprint density at radius 3 is 2.20 bits per heavy atom. The predicted molar refractivity (Wildman–Crippen MR) is 80.2 cm³/mol. The molecular weight excluding hydrogens is 248 g/mol. The molecule has 0 N–H and O–H groups in total. The Hall–Kier alpha value is -1.80. The first kappa shape index (κ1) is 13.2. The molecule has 0 radical (unpaired) electrons. The summed E-state index contributed by atoms with van der Waals surface area (Å²) < 4.78 is 11.3. The molecular formula is C18H20O2. The van der Waals surface area contributed by atoms with Gasteiger partial charge in [0.2, 0.25) is 0 Å². The Bertz CT molecular complexity index is 513. The van der Waals surface area contributed by atoms with Crippen molar-refractivity contribution in [3.05, 3.63) is 65.7 Å². The minimum atomic E-state index is 0.309. The molecule has 2 heteroatoms. The van der Waals surface area contributed by atoms with E-state index in [9.17, 15) is 0 Å². The second-order valence-corrected chi connectivity index (χ2v) is 5.24. The van der Waals surface area contributed by atoms with Crippen LogP contribution >= 0.6 is 0 Å². The molecule has 0 aliphatic carbocycles. The maximum Gasteiger partial charge on any atom is 0.119 e. The second kappa shape index (κ2) is 6.58. The third-order valence-corrected chi connectivity index (χ3v) is 3.65. The van der Waals surface area contributed by atoms with Crippen LogP contribution in [-0.4, -0.2) is 19.3 Å². The molecule has 0 atom stereocenters. The van der Waals surface area contributed by atoms with Gasteiger partial charge in [-0.25, -0.2) is 0 Å². The zero-order valence-corrected chi connectivity index (χ0v) is 11.6. The molecule has 2 aromatic rings. The van der Waals surface area contributed by atoms with Gasteiger partial charge in [0, 0.05) is 12.8 Å². The molecule has 2 aromatic carbocycles. The first-order chi connectivity index (χ1) is 9.90. The van der Waals surface area contributed by atoms with Crippen LogP contribution in [0.1, 0.15) is 24.0 Å². The topological polar surface area (TPSA) is 18.5 Å². The number of hydrogen-bond acceptors (Lipinski definition) is 2. The van der Waals surface area contributed by atoms with E-state index in [1.165, 1.54) is 11.1 Å². The van der Waals surface area contributed by atoms with Crippen LogP contribution in [0.15, 0.2) is 54.6 Å². The Balaban J connectivity index is 1.59. The summed E-state index contributed by atoms with van der Waals surface area (Å²) in [4.78, 5) is 0. The lowest BCUT2D eigenvalue weighted by molar-refractivity contribution is 0.0255. The Morgan fingerprint density at radius 2 is 1.50 bits per heavy atom. The highest BCUT2D eigenvalue weighted by Gasteiger charge is 2.14. The fraction of sp³-hybridized carbons (Fsp3) is 0.333. The highest BCUT2D eigenvalue weighted by molar-refractivity contribution is 5.31. The average molecular weight is 268 g/mol. The number of rotatable bonds is 4. The van der Waals surface area contributed by atoms with Crippen molar-refractivity contribution in [1.82, 2.24) is 0 Å². The van der Waals surface area contributed by atoms with Crippen molar-refractivity contribution in [2.24, 2.45) is 0 Å². The summed E-state index contributed by atoms with van der Waals surface area (Å²) in [6.45, 7) is 1.63. The Kier molecular flexibility index (Phi) is 4.34. The van der Waals surface area contributed by atoms with Gasteiger partial charge < -0.3 is 9.47 Å². The largest absolute Gasteiger partial charge is 0.490 e. The summed E-state index contributed by atoms with van der Waals surface area (Å²) in [6.07, 6.45) is 3.26. The van der Waals surface area contributed by atoms with Crippen LogP contribution in [0.3, 0.4) is 0 Å². The predicted octanol–water partition coefficient (Wildman–Crippen LogP) is 3.84. The second-order valence-electron chi connectivity index (χ2n) is 5.24. The van der Waals surface area contributed by atoms with Crippen LogP contribution in [-0.2, 0) is 11.2 Å². The Morgan fingerprint density at radius 1 is 0.850 bits per heavy atom. The van der Waals surface area contributed by atoms with Gasteiger partial charge in [0.15, 0.2) is 0 Å². The van der Waals surface area contributed by atoms with Crippen LogP contribution < -0.4 is 4.74 Å². The maximum atomic E-state index is 5.98. The minimum Gasteiger partial charge on any atom is -0.490 e. The summed E-state index contributed by atoms with van der Waals surface area (Å²) in [5.74, 6) is 0.966. The molecule has 0 saturated carbocycles. The molecule has 0 aromatic heterocycles. The van der Waals surface area contributed by atoms with E-state index in [2.05, 4.69) is 48.5 Å². The van der Waals surface area contributed by atoms with E-state index < -0.39 is 0 Å². The zero-order chi connectivity index (χ0) is 13.6. The molecule has 1 aliphatic rings. The lowest BCUT2D eigenvalue weighted by Gasteiger charge is -2.23. The fourth-order valence-corrected chi connectivity index (χ4v) is 2.50. The smallest absolute Gasteiger partial charge is 0.119 e. The maximum absolute atomic E-state index is 5.98. The zero-order valence-electron chi connectivity index (χ0n) is 11.6. The van der Waals surface area contributed by atoms with Crippen LogP contribution in [0.4, 0.5) is 0 Å². The number of benzene rings is 2. The normalized spacial score (nSPS) is 16.0. The third-order valence-electron chi connectivity index (χ3n) is 3.65. The van der Waals surface area contributed by atoms with Crippen LogP contribution in [0.25, 0.3) is 0 Å². The molecule has 3 rings (SSSR count). The van der Waals surface area contributed by atoms with E-state index in [1.54, 1.807) is 0 Å². The molecule has 104 valence electrons. The van der Waals surface area contributed by atoms with E-state index >= 15 is 0 Å². The monoisotopic (exact) mass is 268 g/mol. The first-order valence-electron chi connectivity index (χ1n) is 7.27. The molecule has 1 saturated heterocycles. The van der Waals surface area contributed by atoms with Gasteiger partial charge in [0.05, 0.1) is 13.2 Å².